The van der Waals surface area contributed by atoms with Gasteiger partial charge in [0.1, 0.15) is 12.4 Å². The van der Waals surface area contributed by atoms with Gasteiger partial charge in [0.25, 0.3) is 5.69 Å². The molecule has 0 spiro atoms. The van der Waals surface area contributed by atoms with Crippen LogP contribution in [0.2, 0.25) is 0 Å². The van der Waals surface area contributed by atoms with Crippen LogP contribution in [-0.2, 0) is 15.0 Å². The van der Waals surface area contributed by atoms with Crippen molar-refractivity contribution in [3.05, 3.63) is 64.0 Å². The molecule has 9 nitrogen and oxygen atoms in total. The minimum absolute atomic E-state index is 0.162. The number of aryl methyl sites for hydroxylation is 1. The van der Waals surface area contributed by atoms with Crippen molar-refractivity contribution in [1.29, 1.82) is 0 Å². The fourth-order valence-corrected chi connectivity index (χ4v) is 3.39. The molecule has 0 saturated carbocycles. The summed E-state index contributed by atoms with van der Waals surface area (Å²) in [5.41, 5.74) is 0.191. The van der Waals surface area contributed by atoms with E-state index < -0.39 is 33.4 Å². The van der Waals surface area contributed by atoms with Crippen LogP contribution in [-0.4, -0.2) is 44.2 Å². The lowest BCUT2D eigenvalue weighted by Crippen LogP contribution is -2.44. The zero-order valence-corrected chi connectivity index (χ0v) is 16.2. The molecule has 0 unspecified atom stereocenters. The highest BCUT2D eigenvalue weighted by molar-refractivity contribution is 7.90. The molecule has 0 aliphatic heterocycles. The number of rotatable bonds is 7. The molecule has 150 valence electrons. The maximum Gasteiger partial charge on any atom is 0.304 e. The van der Waals surface area contributed by atoms with Gasteiger partial charge >= 0.3 is 10.2 Å². The first kappa shape index (κ1) is 21.3. The topological polar surface area (TPSA) is 113 Å². The van der Waals surface area contributed by atoms with Crippen molar-refractivity contribution in [3.63, 3.8) is 0 Å². The number of nitro benzene ring substituents is 1. The lowest BCUT2D eigenvalue weighted by atomic mass is 10.2. The van der Waals surface area contributed by atoms with Crippen LogP contribution in [0.25, 0.3) is 0 Å². The zero-order chi connectivity index (χ0) is 21.1. The Morgan fingerprint density at radius 1 is 1.21 bits per heavy atom. The molecular weight excluding hydrogens is 391 g/mol. The summed E-state index contributed by atoms with van der Waals surface area (Å²) in [5, 5.41) is 13.4. The molecule has 0 aliphatic rings. The van der Waals surface area contributed by atoms with Gasteiger partial charge in [-0.1, -0.05) is 18.2 Å². The molecule has 11 heteroatoms. The predicted molar refractivity (Wildman–Crippen MR) is 103 cm³/mol. The molecule has 0 heterocycles. The molecule has 2 rings (SSSR count). The van der Waals surface area contributed by atoms with Gasteiger partial charge < -0.3 is 5.32 Å². The van der Waals surface area contributed by atoms with Gasteiger partial charge in [0.15, 0.2) is 0 Å². The number of carbonyl (C=O) groups excluding carboxylic acids is 1. The van der Waals surface area contributed by atoms with Crippen molar-refractivity contribution < 1.29 is 22.5 Å². The Balaban J connectivity index is 2.35. The van der Waals surface area contributed by atoms with E-state index in [1.54, 1.807) is 6.92 Å². The molecule has 0 fully saturated rings. The summed E-state index contributed by atoms with van der Waals surface area (Å²) in [7, 11) is -1.66. The van der Waals surface area contributed by atoms with Crippen molar-refractivity contribution in [2.45, 2.75) is 6.92 Å². The monoisotopic (exact) mass is 410 g/mol. The van der Waals surface area contributed by atoms with E-state index in [0.717, 1.165) is 10.4 Å². The number of amides is 1. The lowest BCUT2D eigenvalue weighted by molar-refractivity contribution is -0.384. The van der Waals surface area contributed by atoms with Gasteiger partial charge in [-0.25, -0.2) is 8.70 Å². The zero-order valence-electron chi connectivity index (χ0n) is 15.4. The second-order valence-corrected chi connectivity index (χ2v) is 8.12. The first-order chi connectivity index (χ1) is 13.0. The van der Waals surface area contributed by atoms with Gasteiger partial charge in [0.05, 0.1) is 16.3 Å². The van der Waals surface area contributed by atoms with Crippen LogP contribution in [0.4, 0.5) is 21.5 Å². The van der Waals surface area contributed by atoms with E-state index >= 15 is 0 Å². The summed E-state index contributed by atoms with van der Waals surface area (Å²) in [6.45, 7) is 0.911. The summed E-state index contributed by atoms with van der Waals surface area (Å²) in [4.78, 5) is 22.8. The number of halogens is 1. The Bertz CT molecular complexity index is 1010. The highest BCUT2D eigenvalue weighted by Gasteiger charge is 2.29. The van der Waals surface area contributed by atoms with Crippen molar-refractivity contribution in [2.75, 3.05) is 30.3 Å². The Hall–Kier alpha value is -3.05. The van der Waals surface area contributed by atoms with Gasteiger partial charge in [-0.15, -0.1) is 0 Å². The first-order valence-corrected chi connectivity index (χ1v) is 9.43. The molecule has 0 radical (unpaired) electrons. The number of hydrogen-bond acceptors (Lipinski definition) is 5. The van der Waals surface area contributed by atoms with E-state index in [1.807, 2.05) is 0 Å². The number of nitro groups is 1. The van der Waals surface area contributed by atoms with E-state index in [4.69, 9.17) is 0 Å². The molecule has 0 bridgehead atoms. The fraction of sp³-hybridized carbons (Fsp3) is 0.235. The van der Waals surface area contributed by atoms with E-state index in [9.17, 15) is 27.7 Å². The molecule has 1 N–H and O–H groups in total. The van der Waals surface area contributed by atoms with Crippen molar-refractivity contribution >= 4 is 33.2 Å². The Morgan fingerprint density at radius 3 is 2.43 bits per heavy atom. The molecule has 2 aromatic rings. The molecule has 0 saturated heterocycles. The Labute approximate surface area is 161 Å². The van der Waals surface area contributed by atoms with Crippen LogP contribution >= 0.6 is 0 Å². The SMILES string of the molecule is Cc1ccc([N+](=O)[O-])cc1NC(=O)CN(c1ccccc1F)S(=O)(=O)N(C)C. The fourth-order valence-electron chi connectivity index (χ4n) is 2.32. The molecule has 1 amide bonds. The number of benzene rings is 2. The highest BCUT2D eigenvalue weighted by atomic mass is 32.2. The summed E-state index contributed by atoms with van der Waals surface area (Å²) < 4.78 is 40.9. The van der Waals surface area contributed by atoms with E-state index in [0.29, 0.717) is 9.87 Å². The maximum atomic E-state index is 14.2. The number of non-ortho nitro benzene ring substituents is 1. The van der Waals surface area contributed by atoms with Crippen molar-refractivity contribution in [1.82, 2.24) is 4.31 Å². The Morgan fingerprint density at radius 2 is 1.86 bits per heavy atom. The van der Waals surface area contributed by atoms with Crippen molar-refractivity contribution in [2.24, 2.45) is 0 Å². The van der Waals surface area contributed by atoms with Crippen LogP contribution < -0.4 is 9.62 Å². The first-order valence-electron chi connectivity index (χ1n) is 8.03. The molecule has 0 aromatic heterocycles. The number of nitrogens with zero attached hydrogens (tertiary/aromatic N) is 3. The Kier molecular flexibility index (Phi) is 6.31. The third-order valence-electron chi connectivity index (χ3n) is 3.85. The number of nitrogens with one attached hydrogen (secondary N) is 1. The normalized spacial score (nSPS) is 11.3. The van der Waals surface area contributed by atoms with Gasteiger partial charge in [-0.2, -0.15) is 12.7 Å². The molecule has 0 aliphatic carbocycles. The predicted octanol–water partition coefficient (Wildman–Crippen LogP) is 2.29. The van der Waals surface area contributed by atoms with Gasteiger partial charge in [-0.3, -0.25) is 14.9 Å². The lowest BCUT2D eigenvalue weighted by Gasteiger charge is -2.27. The summed E-state index contributed by atoms with van der Waals surface area (Å²) in [6, 6.07) is 9.07. The van der Waals surface area contributed by atoms with Gasteiger partial charge in [-0.05, 0) is 24.6 Å². The summed E-state index contributed by atoms with van der Waals surface area (Å²) >= 11 is 0. The van der Waals surface area contributed by atoms with Crippen LogP contribution in [0.15, 0.2) is 42.5 Å². The third kappa shape index (κ3) is 4.61. The van der Waals surface area contributed by atoms with Gasteiger partial charge in [0.2, 0.25) is 5.91 Å². The number of anilines is 2. The number of para-hydroxylation sites is 1. The molecule has 28 heavy (non-hydrogen) atoms. The second-order valence-electron chi connectivity index (χ2n) is 6.05. The highest BCUT2D eigenvalue weighted by Crippen LogP contribution is 2.24. The second kappa shape index (κ2) is 8.31. The quantitative estimate of drug-likeness (QED) is 0.556. The van der Waals surface area contributed by atoms with E-state index in [1.165, 1.54) is 50.5 Å². The molecule has 0 atom stereocenters. The average Bonchev–Trinajstić information content (AvgIpc) is 2.61. The standard InChI is InChI=1S/C17H19FN4O5S/c1-12-8-9-13(22(24)25)10-15(12)19-17(23)11-21(28(26,27)20(2)3)16-7-5-4-6-14(16)18/h4-10H,11H2,1-3H3,(H,19,23). The van der Waals surface area contributed by atoms with Gasteiger partial charge in [0, 0.05) is 26.2 Å². The minimum Gasteiger partial charge on any atom is -0.324 e. The van der Waals surface area contributed by atoms with E-state index in [2.05, 4.69) is 5.32 Å². The average molecular weight is 410 g/mol. The summed E-state index contributed by atoms with van der Waals surface area (Å²) in [5.74, 6) is -1.59. The smallest absolute Gasteiger partial charge is 0.304 e. The molecular formula is C17H19FN4O5S. The summed E-state index contributed by atoms with van der Waals surface area (Å²) in [6.07, 6.45) is 0. The maximum absolute atomic E-state index is 14.2. The van der Waals surface area contributed by atoms with Crippen LogP contribution in [0.1, 0.15) is 5.56 Å². The largest absolute Gasteiger partial charge is 0.324 e. The van der Waals surface area contributed by atoms with Crippen LogP contribution in [0.5, 0.6) is 0 Å². The van der Waals surface area contributed by atoms with E-state index in [-0.39, 0.29) is 17.1 Å². The third-order valence-corrected chi connectivity index (χ3v) is 5.66. The number of hydrogen-bond donors (Lipinski definition) is 1. The van der Waals surface area contributed by atoms with Crippen LogP contribution in [0.3, 0.4) is 0 Å². The number of carbonyl (C=O) groups is 1. The molecule has 2 aromatic carbocycles. The minimum atomic E-state index is -4.18. The van der Waals surface area contributed by atoms with Crippen LogP contribution in [0, 0.1) is 22.9 Å². The van der Waals surface area contributed by atoms with Crippen molar-refractivity contribution in [3.8, 4) is 0 Å².